The third-order valence-corrected chi connectivity index (χ3v) is 3.00. The SMILES string of the molecule is CCCCCCNC(=O)C(C)Oc1cccc(C)c1. The van der Waals surface area contributed by atoms with Gasteiger partial charge in [-0.3, -0.25) is 4.79 Å². The molecule has 0 aliphatic carbocycles. The summed E-state index contributed by atoms with van der Waals surface area (Å²) in [6.07, 6.45) is 4.19. The van der Waals surface area contributed by atoms with Gasteiger partial charge in [-0.25, -0.2) is 0 Å². The van der Waals surface area contributed by atoms with Crippen molar-refractivity contribution in [2.24, 2.45) is 0 Å². The highest BCUT2D eigenvalue weighted by molar-refractivity contribution is 5.80. The molecule has 1 aromatic carbocycles. The molecule has 1 unspecified atom stereocenters. The molecule has 0 aliphatic heterocycles. The van der Waals surface area contributed by atoms with Crippen molar-refractivity contribution in [3.63, 3.8) is 0 Å². The zero-order valence-electron chi connectivity index (χ0n) is 12.2. The number of ether oxygens (including phenoxy) is 1. The van der Waals surface area contributed by atoms with Gasteiger partial charge in [0, 0.05) is 6.54 Å². The quantitative estimate of drug-likeness (QED) is 0.729. The summed E-state index contributed by atoms with van der Waals surface area (Å²) in [5.74, 6) is 0.701. The number of carbonyl (C=O) groups excluding carboxylic acids is 1. The average Bonchev–Trinajstić information content (AvgIpc) is 2.38. The number of amides is 1. The second-order valence-corrected chi connectivity index (χ2v) is 4.93. The van der Waals surface area contributed by atoms with Crippen LogP contribution in [0.2, 0.25) is 0 Å². The molecule has 1 rings (SSSR count). The van der Waals surface area contributed by atoms with Crippen LogP contribution < -0.4 is 10.1 Å². The van der Waals surface area contributed by atoms with Gasteiger partial charge in [-0.1, -0.05) is 38.3 Å². The lowest BCUT2D eigenvalue weighted by atomic mass is 10.2. The number of unbranched alkanes of at least 4 members (excludes halogenated alkanes) is 3. The number of hydrogen-bond acceptors (Lipinski definition) is 2. The Morgan fingerprint density at radius 2 is 2.11 bits per heavy atom. The minimum Gasteiger partial charge on any atom is -0.481 e. The van der Waals surface area contributed by atoms with E-state index in [1.807, 2.05) is 31.2 Å². The zero-order valence-corrected chi connectivity index (χ0v) is 12.2. The van der Waals surface area contributed by atoms with Crippen LogP contribution in [0, 0.1) is 6.92 Å². The number of benzene rings is 1. The summed E-state index contributed by atoms with van der Waals surface area (Å²) in [6.45, 7) is 6.70. The van der Waals surface area contributed by atoms with E-state index in [0.717, 1.165) is 24.3 Å². The Kier molecular flexibility index (Phi) is 7.01. The molecular formula is C16H25NO2. The van der Waals surface area contributed by atoms with Gasteiger partial charge in [0.25, 0.3) is 5.91 Å². The predicted molar refractivity (Wildman–Crippen MR) is 78.4 cm³/mol. The molecule has 1 amide bonds. The van der Waals surface area contributed by atoms with Gasteiger partial charge in [-0.05, 0) is 38.0 Å². The summed E-state index contributed by atoms with van der Waals surface area (Å²) in [4.78, 5) is 11.8. The maximum Gasteiger partial charge on any atom is 0.260 e. The first-order valence-electron chi connectivity index (χ1n) is 7.14. The van der Waals surface area contributed by atoms with Gasteiger partial charge in [0.1, 0.15) is 5.75 Å². The highest BCUT2D eigenvalue weighted by Gasteiger charge is 2.13. The van der Waals surface area contributed by atoms with E-state index in [4.69, 9.17) is 4.74 Å². The molecule has 0 bridgehead atoms. The fourth-order valence-electron chi connectivity index (χ4n) is 1.85. The Bertz CT molecular complexity index is 390. The van der Waals surface area contributed by atoms with Crippen molar-refractivity contribution in [3.8, 4) is 5.75 Å². The molecule has 0 fully saturated rings. The number of aryl methyl sites for hydroxylation is 1. The molecule has 3 nitrogen and oxygen atoms in total. The molecule has 0 heterocycles. The van der Waals surface area contributed by atoms with Crippen molar-refractivity contribution < 1.29 is 9.53 Å². The van der Waals surface area contributed by atoms with E-state index >= 15 is 0 Å². The van der Waals surface area contributed by atoms with Gasteiger partial charge in [0.05, 0.1) is 0 Å². The zero-order chi connectivity index (χ0) is 14.1. The number of nitrogens with one attached hydrogen (secondary N) is 1. The Morgan fingerprint density at radius 3 is 2.79 bits per heavy atom. The largest absolute Gasteiger partial charge is 0.481 e. The number of carbonyl (C=O) groups is 1. The standard InChI is InChI=1S/C16H25NO2/c1-4-5-6-7-11-17-16(18)14(3)19-15-10-8-9-13(2)12-15/h8-10,12,14H,4-7,11H2,1-3H3,(H,17,18). The van der Waals surface area contributed by atoms with E-state index in [9.17, 15) is 4.79 Å². The summed E-state index contributed by atoms with van der Waals surface area (Å²) in [5.41, 5.74) is 1.13. The lowest BCUT2D eigenvalue weighted by molar-refractivity contribution is -0.127. The average molecular weight is 263 g/mol. The molecule has 0 spiro atoms. The van der Waals surface area contributed by atoms with Crippen LogP contribution in [0.15, 0.2) is 24.3 Å². The molecule has 1 N–H and O–H groups in total. The molecular weight excluding hydrogens is 238 g/mol. The van der Waals surface area contributed by atoms with Crippen LogP contribution in [0.5, 0.6) is 5.75 Å². The summed E-state index contributed by atoms with van der Waals surface area (Å²) in [5, 5.41) is 2.91. The van der Waals surface area contributed by atoms with Crippen LogP contribution in [-0.4, -0.2) is 18.6 Å². The van der Waals surface area contributed by atoms with Crippen LogP contribution in [0.3, 0.4) is 0 Å². The lowest BCUT2D eigenvalue weighted by Crippen LogP contribution is -2.36. The number of hydrogen-bond donors (Lipinski definition) is 1. The van der Waals surface area contributed by atoms with Crippen LogP contribution in [0.25, 0.3) is 0 Å². The van der Waals surface area contributed by atoms with Crippen molar-refractivity contribution in [3.05, 3.63) is 29.8 Å². The molecule has 106 valence electrons. The summed E-state index contributed by atoms with van der Waals surface area (Å²) in [6, 6.07) is 7.74. The smallest absolute Gasteiger partial charge is 0.260 e. The highest BCUT2D eigenvalue weighted by atomic mass is 16.5. The molecule has 0 saturated carbocycles. The maximum atomic E-state index is 11.8. The topological polar surface area (TPSA) is 38.3 Å². The molecule has 1 atom stereocenters. The van der Waals surface area contributed by atoms with E-state index in [2.05, 4.69) is 12.2 Å². The molecule has 1 aromatic rings. The first-order valence-corrected chi connectivity index (χ1v) is 7.14. The number of rotatable bonds is 8. The van der Waals surface area contributed by atoms with Crippen molar-refractivity contribution in [2.75, 3.05) is 6.54 Å². The summed E-state index contributed by atoms with van der Waals surface area (Å²) < 4.78 is 5.62. The van der Waals surface area contributed by atoms with Crippen molar-refractivity contribution in [1.29, 1.82) is 0 Å². The highest BCUT2D eigenvalue weighted by Crippen LogP contribution is 2.14. The fourth-order valence-corrected chi connectivity index (χ4v) is 1.85. The van der Waals surface area contributed by atoms with E-state index in [1.165, 1.54) is 19.3 Å². The van der Waals surface area contributed by atoms with Crippen LogP contribution >= 0.6 is 0 Å². The van der Waals surface area contributed by atoms with E-state index in [1.54, 1.807) is 6.92 Å². The Hall–Kier alpha value is -1.51. The van der Waals surface area contributed by atoms with Gasteiger partial charge in [-0.2, -0.15) is 0 Å². The van der Waals surface area contributed by atoms with Gasteiger partial charge < -0.3 is 10.1 Å². The van der Waals surface area contributed by atoms with Crippen LogP contribution in [0.1, 0.15) is 45.1 Å². The first-order chi connectivity index (χ1) is 9.13. The molecule has 0 radical (unpaired) electrons. The minimum atomic E-state index is -0.451. The van der Waals surface area contributed by atoms with E-state index in [0.29, 0.717) is 0 Å². The van der Waals surface area contributed by atoms with Gasteiger partial charge >= 0.3 is 0 Å². The molecule has 3 heteroatoms. The third kappa shape index (κ3) is 6.27. The lowest BCUT2D eigenvalue weighted by Gasteiger charge is -2.15. The monoisotopic (exact) mass is 263 g/mol. The van der Waals surface area contributed by atoms with E-state index in [-0.39, 0.29) is 5.91 Å². The van der Waals surface area contributed by atoms with Gasteiger partial charge in [0.2, 0.25) is 0 Å². The second kappa shape index (κ2) is 8.57. The molecule has 19 heavy (non-hydrogen) atoms. The first kappa shape index (κ1) is 15.5. The maximum absolute atomic E-state index is 11.8. The van der Waals surface area contributed by atoms with Crippen LogP contribution in [-0.2, 0) is 4.79 Å². The normalized spacial score (nSPS) is 11.9. The Balaban J connectivity index is 2.28. The van der Waals surface area contributed by atoms with Gasteiger partial charge in [0.15, 0.2) is 6.10 Å². The van der Waals surface area contributed by atoms with Crippen molar-refractivity contribution >= 4 is 5.91 Å². The third-order valence-electron chi connectivity index (χ3n) is 3.00. The predicted octanol–water partition coefficient (Wildman–Crippen LogP) is 3.46. The van der Waals surface area contributed by atoms with Crippen molar-refractivity contribution in [2.45, 2.75) is 52.6 Å². The summed E-state index contributed by atoms with van der Waals surface area (Å²) >= 11 is 0. The van der Waals surface area contributed by atoms with E-state index < -0.39 is 6.10 Å². The molecule has 0 aliphatic rings. The molecule has 0 saturated heterocycles. The van der Waals surface area contributed by atoms with Crippen molar-refractivity contribution in [1.82, 2.24) is 5.32 Å². The Morgan fingerprint density at radius 1 is 1.32 bits per heavy atom. The molecule has 0 aromatic heterocycles. The fraction of sp³-hybridized carbons (Fsp3) is 0.562. The summed E-state index contributed by atoms with van der Waals surface area (Å²) in [7, 11) is 0. The Labute approximate surface area is 116 Å². The second-order valence-electron chi connectivity index (χ2n) is 4.93. The minimum absolute atomic E-state index is 0.0435. The van der Waals surface area contributed by atoms with Crippen LogP contribution in [0.4, 0.5) is 0 Å². The van der Waals surface area contributed by atoms with Gasteiger partial charge in [-0.15, -0.1) is 0 Å².